The van der Waals surface area contributed by atoms with Gasteiger partial charge in [0, 0.05) is 29.6 Å². The Morgan fingerprint density at radius 2 is 1.85 bits per heavy atom. The van der Waals surface area contributed by atoms with E-state index in [0.717, 1.165) is 17.2 Å². The van der Waals surface area contributed by atoms with Crippen molar-refractivity contribution < 1.29 is 27.1 Å². The van der Waals surface area contributed by atoms with Crippen LogP contribution >= 0.6 is 0 Å². The van der Waals surface area contributed by atoms with Crippen LogP contribution in [0.1, 0.15) is 27.1 Å². The maximum atomic E-state index is 12.7. The van der Waals surface area contributed by atoms with E-state index in [2.05, 4.69) is 4.18 Å². The third kappa shape index (κ3) is 3.28. The lowest BCUT2D eigenvalue weighted by atomic mass is 9.93. The van der Waals surface area contributed by atoms with Crippen molar-refractivity contribution in [3.63, 3.8) is 0 Å². The fourth-order valence-corrected chi connectivity index (χ4v) is 3.30. The van der Waals surface area contributed by atoms with E-state index in [4.69, 9.17) is 0 Å². The molecule has 0 saturated carbocycles. The van der Waals surface area contributed by atoms with E-state index in [1.54, 1.807) is 18.2 Å². The quantitative estimate of drug-likeness (QED) is 0.246. The van der Waals surface area contributed by atoms with Crippen LogP contribution in [0.5, 0.6) is 0 Å². The lowest BCUT2D eigenvalue weighted by Crippen LogP contribution is -2.41. The summed E-state index contributed by atoms with van der Waals surface area (Å²) in [6.45, 7) is -0.242. The highest BCUT2D eigenvalue weighted by Crippen LogP contribution is 2.33. The van der Waals surface area contributed by atoms with Crippen molar-refractivity contribution in [3.8, 4) is 0 Å². The Bertz CT molecular complexity index is 1050. The molecule has 2 aromatic rings. The van der Waals surface area contributed by atoms with Gasteiger partial charge in [-0.1, -0.05) is 12.1 Å². The number of carbonyl (C=O) groups excluding carboxylic acids is 2. The molecule has 0 bridgehead atoms. The number of benzene rings is 2. The average molecular weight is 378 g/mol. The molecule has 0 radical (unpaired) electrons. The summed E-state index contributed by atoms with van der Waals surface area (Å²) in [4.78, 5) is 36.8. The Morgan fingerprint density at radius 3 is 2.50 bits per heavy atom. The van der Waals surface area contributed by atoms with Gasteiger partial charge in [-0.15, -0.1) is 0 Å². The molecule has 26 heavy (non-hydrogen) atoms. The summed E-state index contributed by atoms with van der Waals surface area (Å²) in [6.07, 6.45) is 1.02. The Balaban J connectivity index is 1.96. The number of nitro benzene ring substituents is 1. The molecule has 0 aliphatic carbocycles. The fraction of sp³-hybridized carbons (Fsp3) is 0.250. The first-order valence-electron chi connectivity index (χ1n) is 7.61. The number of hydrogen-bond acceptors (Lipinski definition) is 7. The highest BCUT2D eigenvalue weighted by Gasteiger charge is 2.33. The van der Waals surface area contributed by atoms with Crippen molar-refractivity contribution >= 4 is 38.4 Å². The van der Waals surface area contributed by atoms with E-state index in [1.807, 2.05) is 0 Å². The molecule has 136 valence electrons. The van der Waals surface area contributed by atoms with Crippen molar-refractivity contribution in [2.45, 2.75) is 6.42 Å². The second-order valence-electron chi connectivity index (χ2n) is 5.80. The van der Waals surface area contributed by atoms with Crippen LogP contribution < -0.4 is 0 Å². The molecular weight excluding hydrogens is 364 g/mol. The summed E-state index contributed by atoms with van der Waals surface area (Å²) in [5.41, 5.74) is 0.108. The van der Waals surface area contributed by atoms with E-state index >= 15 is 0 Å². The number of amides is 2. The van der Waals surface area contributed by atoms with Crippen LogP contribution in [-0.2, 0) is 14.3 Å². The molecule has 0 saturated heterocycles. The third-order valence-electron chi connectivity index (χ3n) is 3.95. The molecule has 1 heterocycles. The van der Waals surface area contributed by atoms with E-state index < -0.39 is 26.9 Å². The number of imide groups is 1. The zero-order chi connectivity index (χ0) is 19.1. The predicted molar refractivity (Wildman–Crippen MR) is 91.4 cm³/mol. The summed E-state index contributed by atoms with van der Waals surface area (Å²) < 4.78 is 26.5. The second-order valence-corrected chi connectivity index (χ2v) is 7.44. The van der Waals surface area contributed by atoms with E-state index in [-0.39, 0.29) is 36.4 Å². The van der Waals surface area contributed by atoms with Gasteiger partial charge in [-0.2, -0.15) is 8.42 Å². The van der Waals surface area contributed by atoms with Crippen molar-refractivity contribution in [2.75, 3.05) is 19.4 Å². The first kappa shape index (κ1) is 18.0. The standard InChI is InChI=1S/C16H14N2O7S/c1-26(23,24)25-7-3-6-17-15(19)12-5-2-4-10-8-11(18(21)22)9-13(14(10)12)16(17)20/h2,4-5,8-9H,3,6-7H2,1H3. The molecule has 10 heteroatoms. The maximum Gasteiger partial charge on any atom is 0.270 e. The molecule has 2 amide bonds. The largest absolute Gasteiger partial charge is 0.274 e. The molecule has 9 nitrogen and oxygen atoms in total. The lowest BCUT2D eigenvalue weighted by molar-refractivity contribution is -0.384. The number of nitro groups is 1. The minimum Gasteiger partial charge on any atom is -0.274 e. The minimum atomic E-state index is -3.61. The van der Waals surface area contributed by atoms with E-state index in [9.17, 15) is 28.1 Å². The Morgan fingerprint density at radius 1 is 1.15 bits per heavy atom. The minimum absolute atomic E-state index is 0.0638. The van der Waals surface area contributed by atoms with Gasteiger partial charge in [0.2, 0.25) is 0 Å². The summed E-state index contributed by atoms with van der Waals surface area (Å²) in [5, 5.41) is 11.9. The zero-order valence-electron chi connectivity index (χ0n) is 13.7. The summed E-state index contributed by atoms with van der Waals surface area (Å²) >= 11 is 0. The molecule has 2 aromatic carbocycles. The van der Waals surface area contributed by atoms with Crippen LogP contribution in [0.15, 0.2) is 30.3 Å². The number of carbonyl (C=O) groups is 2. The van der Waals surface area contributed by atoms with Gasteiger partial charge in [0.05, 0.1) is 23.3 Å². The van der Waals surface area contributed by atoms with Gasteiger partial charge in [0.15, 0.2) is 0 Å². The maximum absolute atomic E-state index is 12.7. The van der Waals surface area contributed by atoms with E-state index in [0.29, 0.717) is 10.8 Å². The molecule has 0 N–H and O–H groups in total. The fourth-order valence-electron chi connectivity index (χ4n) is 2.88. The predicted octanol–water partition coefficient (Wildman–Crippen LogP) is 1.71. The van der Waals surface area contributed by atoms with Crippen LogP contribution in [0.4, 0.5) is 5.69 Å². The Hall–Kier alpha value is -2.85. The topological polar surface area (TPSA) is 124 Å². The number of rotatable bonds is 6. The van der Waals surface area contributed by atoms with Crippen molar-refractivity contribution in [3.05, 3.63) is 51.6 Å². The van der Waals surface area contributed by atoms with Gasteiger partial charge in [-0.3, -0.25) is 28.8 Å². The van der Waals surface area contributed by atoms with Crippen molar-refractivity contribution in [1.29, 1.82) is 0 Å². The summed E-state index contributed by atoms with van der Waals surface area (Å²) in [5.74, 6) is -1.18. The van der Waals surface area contributed by atoms with Gasteiger partial charge < -0.3 is 0 Å². The zero-order valence-corrected chi connectivity index (χ0v) is 14.5. The van der Waals surface area contributed by atoms with Gasteiger partial charge >= 0.3 is 0 Å². The van der Waals surface area contributed by atoms with Crippen LogP contribution in [0.25, 0.3) is 10.8 Å². The van der Waals surface area contributed by atoms with Crippen LogP contribution in [0, 0.1) is 10.1 Å². The van der Waals surface area contributed by atoms with Crippen molar-refractivity contribution in [2.24, 2.45) is 0 Å². The normalized spacial score (nSPS) is 14.1. The summed E-state index contributed by atoms with van der Waals surface area (Å²) in [6, 6.07) is 7.21. The average Bonchev–Trinajstić information content (AvgIpc) is 2.57. The molecular formula is C16H14N2O7S. The molecule has 1 aliphatic heterocycles. The molecule has 0 aromatic heterocycles. The number of non-ortho nitro benzene ring substituents is 1. The van der Waals surface area contributed by atoms with Gasteiger partial charge in [0.1, 0.15) is 0 Å². The van der Waals surface area contributed by atoms with Crippen LogP contribution in [0.2, 0.25) is 0 Å². The smallest absolute Gasteiger partial charge is 0.270 e. The van der Waals surface area contributed by atoms with Crippen LogP contribution in [-0.4, -0.2) is 49.5 Å². The summed E-state index contributed by atoms with van der Waals surface area (Å²) in [7, 11) is -3.61. The Labute approximate surface area is 148 Å². The SMILES string of the molecule is CS(=O)(=O)OCCCN1C(=O)c2cccc3cc([N+](=O)[O-])cc(c23)C1=O. The number of hydrogen-bond donors (Lipinski definition) is 0. The highest BCUT2D eigenvalue weighted by atomic mass is 32.2. The molecule has 0 atom stereocenters. The first-order chi connectivity index (χ1) is 12.2. The highest BCUT2D eigenvalue weighted by molar-refractivity contribution is 7.85. The first-order valence-corrected chi connectivity index (χ1v) is 9.42. The monoisotopic (exact) mass is 378 g/mol. The number of nitrogens with zero attached hydrogens (tertiary/aromatic N) is 2. The molecule has 3 rings (SSSR count). The van der Waals surface area contributed by atoms with Gasteiger partial charge in [0.25, 0.3) is 27.6 Å². The van der Waals surface area contributed by atoms with Gasteiger partial charge in [-0.05, 0) is 17.9 Å². The molecule has 0 fully saturated rings. The molecule has 1 aliphatic rings. The lowest BCUT2D eigenvalue weighted by Gasteiger charge is -2.27. The van der Waals surface area contributed by atoms with Crippen LogP contribution in [0.3, 0.4) is 0 Å². The van der Waals surface area contributed by atoms with E-state index in [1.165, 1.54) is 6.07 Å². The molecule has 0 unspecified atom stereocenters. The van der Waals surface area contributed by atoms with Crippen molar-refractivity contribution in [1.82, 2.24) is 4.90 Å². The molecule has 0 spiro atoms. The Kier molecular flexibility index (Phi) is 4.46. The second kappa shape index (κ2) is 6.46. The van der Waals surface area contributed by atoms with Gasteiger partial charge in [-0.25, -0.2) is 0 Å². The third-order valence-corrected chi connectivity index (χ3v) is 4.54.